The van der Waals surface area contributed by atoms with Gasteiger partial charge in [-0.1, -0.05) is 23.8 Å². The van der Waals surface area contributed by atoms with E-state index in [0.29, 0.717) is 17.6 Å². The molecule has 0 bridgehead atoms. The Kier molecular flexibility index (Phi) is 7.73. The number of rotatable bonds is 9. The molecule has 0 radical (unpaired) electrons. The third-order valence-corrected chi connectivity index (χ3v) is 6.87. The number of carboxylic acids is 1. The van der Waals surface area contributed by atoms with E-state index < -0.39 is 5.97 Å². The number of ether oxygens (including phenoxy) is 1. The quantitative estimate of drug-likeness (QED) is 0.448. The highest BCUT2D eigenvalue weighted by Crippen LogP contribution is 2.46. The van der Waals surface area contributed by atoms with E-state index in [0.717, 1.165) is 67.9 Å². The Morgan fingerprint density at radius 1 is 1.06 bits per heavy atom. The van der Waals surface area contributed by atoms with Crippen LogP contribution >= 0.6 is 0 Å². The van der Waals surface area contributed by atoms with Gasteiger partial charge in [-0.25, -0.2) is 4.79 Å². The fourth-order valence-electron chi connectivity index (χ4n) is 4.92. The summed E-state index contributed by atoms with van der Waals surface area (Å²) in [4.78, 5) is 26.8. The van der Waals surface area contributed by atoms with Crippen LogP contribution in [0, 0.1) is 12.8 Å². The molecule has 182 valence electrons. The maximum Gasteiger partial charge on any atom is 0.323 e. The Labute approximate surface area is 201 Å². The third kappa shape index (κ3) is 6.08. The molecule has 2 fully saturated rings. The fraction of sp³-hybridized carbons (Fsp3) is 0.481. The second-order valence-corrected chi connectivity index (χ2v) is 9.39. The first-order valence-corrected chi connectivity index (χ1v) is 12.3. The minimum atomic E-state index is -0.787. The summed E-state index contributed by atoms with van der Waals surface area (Å²) < 4.78 is 5.56. The molecule has 4 rings (SSSR count). The van der Waals surface area contributed by atoms with Gasteiger partial charge in [0.25, 0.3) is 0 Å². The molecule has 1 heterocycles. The molecule has 2 aromatic carbocycles. The van der Waals surface area contributed by atoms with E-state index in [1.54, 1.807) is 0 Å². The number of hydrogen-bond donors (Lipinski definition) is 3. The molecular formula is C27H35N3O4. The molecule has 2 amide bonds. The molecule has 1 saturated heterocycles. The van der Waals surface area contributed by atoms with Crippen LogP contribution in [0.4, 0.5) is 21.9 Å². The summed E-state index contributed by atoms with van der Waals surface area (Å²) in [5, 5.41) is 15.5. The molecule has 1 unspecified atom stereocenters. The summed E-state index contributed by atoms with van der Waals surface area (Å²) in [5.41, 5.74) is 4.50. The Hall–Kier alpha value is -3.06. The van der Waals surface area contributed by atoms with Crippen LogP contribution < -0.4 is 15.5 Å². The number of carbonyl (C=O) groups is 2. The van der Waals surface area contributed by atoms with Crippen molar-refractivity contribution in [3.63, 3.8) is 0 Å². The Morgan fingerprint density at radius 3 is 2.38 bits per heavy atom. The molecular weight excluding hydrogens is 430 g/mol. The number of aryl methyl sites for hydroxylation is 1. The van der Waals surface area contributed by atoms with Crippen molar-refractivity contribution in [2.45, 2.75) is 57.9 Å². The summed E-state index contributed by atoms with van der Waals surface area (Å²) in [6.07, 6.45) is 4.10. The van der Waals surface area contributed by atoms with Crippen molar-refractivity contribution in [1.82, 2.24) is 0 Å². The topological polar surface area (TPSA) is 90.9 Å². The average Bonchev–Trinajstić information content (AvgIpc) is 3.66. The van der Waals surface area contributed by atoms with E-state index in [2.05, 4.69) is 22.5 Å². The number of hydrogen-bond acceptors (Lipinski definition) is 4. The largest absolute Gasteiger partial charge is 0.481 e. The van der Waals surface area contributed by atoms with Gasteiger partial charge in [0.05, 0.1) is 17.8 Å². The van der Waals surface area contributed by atoms with Crippen LogP contribution in [-0.2, 0) is 9.53 Å². The molecule has 1 saturated carbocycles. The Balaban J connectivity index is 1.63. The third-order valence-electron chi connectivity index (χ3n) is 6.87. The minimum Gasteiger partial charge on any atom is -0.481 e. The maximum atomic E-state index is 13.0. The second kappa shape index (κ2) is 10.9. The van der Waals surface area contributed by atoms with Crippen molar-refractivity contribution in [2.24, 2.45) is 5.92 Å². The lowest BCUT2D eigenvalue weighted by atomic mass is 9.90. The fourth-order valence-corrected chi connectivity index (χ4v) is 4.92. The van der Waals surface area contributed by atoms with Gasteiger partial charge in [-0.05, 0) is 81.2 Å². The molecule has 0 aromatic heterocycles. The molecule has 1 atom stereocenters. The molecule has 0 spiro atoms. The van der Waals surface area contributed by atoms with Gasteiger partial charge in [-0.3, -0.25) is 4.79 Å². The van der Waals surface area contributed by atoms with Crippen molar-refractivity contribution in [2.75, 3.05) is 35.3 Å². The van der Waals surface area contributed by atoms with Crippen molar-refractivity contribution >= 4 is 29.1 Å². The predicted octanol–water partition coefficient (Wildman–Crippen LogP) is 5.61. The summed E-state index contributed by atoms with van der Waals surface area (Å²) in [6.45, 7) is 6.40. The van der Waals surface area contributed by atoms with Gasteiger partial charge in [0.2, 0.25) is 0 Å². The van der Waals surface area contributed by atoms with E-state index in [4.69, 9.17) is 4.74 Å². The summed E-state index contributed by atoms with van der Waals surface area (Å²) in [6, 6.07) is 13.8. The lowest BCUT2D eigenvalue weighted by Crippen LogP contribution is -2.40. The summed E-state index contributed by atoms with van der Waals surface area (Å²) >= 11 is 0. The van der Waals surface area contributed by atoms with Crippen molar-refractivity contribution in [3.8, 4) is 0 Å². The Bertz CT molecular complexity index is 997. The zero-order valence-electron chi connectivity index (χ0n) is 20.0. The molecule has 2 aromatic rings. The zero-order valence-corrected chi connectivity index (χ0v) is 20.0. The average molecular weight is 466 g/mol. The first-order valence-electron chi connectivity index (χ1n) is 12.3. The molecule has 2 aliphatic rings. The van der Waals surface area contributed by atoms with Crippen LogP contribution in [0.2, 0.25) is 0 Å². The van der Waals surface area contributed by atoms with Gasteiger partial charge < -0.3 is 25.4 Å². The van der Waals surface area contributed by atoms with Gasteiger partial charge in [-0.15, -0.1) is 0 Å². The first kappa shape index (κ1) is 24.1. The standard InChI is InChI=1S/C27H35N3O4/c1-3-30(22-12-14-34-15-13-22)25-11-8-20(23(17-26(31)32)19-6-7-19)16-24(25)29-27(33)28-21-9-4-18(2)5-10-21/h4-5,8-11,16,19,22-23H,3,6-7,12-15,17H2,1-2H3,(H,31,32)(H2,28,29,33). The molecule has 34 heavy (non-hydrogen) atoms. The first-order chi connectivity index (χ1) is 16.4. The maximum absolute atomic E-state index is 13.0. The lowest BCUT2D eigenvalue weighted by Gasteiger charge is -2.36. The number of nitrogens with zero attached hydrogens (tertiary/aromatic N) is 1. The van der Waals surface area contributed by atoms with Crippen molar-refractivity contribution < 1.29 is 19.4 Å². The van der Waals surface area contributed by atoms with Gasteiger partial charge >= 0.3 is 12.0 Å². The van der Waals surface area contributed by atoms with Crippen LogP contribution in [0.15, 0.2) is 42.5 Å². The molecule has 1 aliphatic heterocycles. The number of benzene rings is 2. The molecule has 7 nitrogen and oxygen atoms in total. The van der Waals surface area contributed by atoms with E-state index in [1.165, 1.54) is 0 Å². The van der Waals surface area contributed by atoms with Crippen LogP contribution in [0.1, 0.15) is 56.1 Å². The Morgan fingerprint density at radius 2 is 1.76 bits per heavy atom. The number of urea groups is 1. The van der Waals surface area contributed by atoms with Gasteiger partial charge in [0.15, 0.2) is 0 Å². The second-order valence-electron chi connectivity index (χ2n) is 9.39. The van der Waals surface area contributed by atoms with Crippen LogP contribution in [0.5, 0.6) is 0 Å². The van der Waals surface area contributed by atoms with Crippen molar-refractivity contribution in [3.05, 3.63) is 53.6 Å². The van der Waals surface area contributed by atoms with E-state index in [-0.39, 0.29) is 18.4 Å². The highest BCUT2D eigenvalue weighted by Gasteiger charge is 2.34. The van der Waals surface area contributed by atoms with Gasteiger partial charge in [-0.2, -0.15) is 0 Å². The van der Waals surface area contributed by atoms with Crippen LogP contribution in [0.25, 0.3) is 0 Å². The number of amides is 2. The highest BCUT2D eigenvalue weighted by atomic mass is 16.5. The smallest absolute Gasteiger partial charge is 0.323 e. The molecule has 7 heteroatoms. The summed E-state index contributed by atoms with van der Waals surface area (Å²) in [7, 11) is 0. The van der Waals surface area contributed by atoms with E-state index in [9.17, 15) is 14.7 Å². The molecule has 3 N–H and O–H groups in total. The van der Waals surface area contributed by atoms with E-state index in [1.807, 2.05) is 49.4 Å². The summed E-state index contributed by atoms with van der Waals surface area (Å²) in [5.74, 6) is -0.427. The number of carbonyl (C=O) groups excluding carboxylic acids is 1. The van der Waals surface area contributed by atoms with Gasteiger partial charge in [0.1, 0.15) is 0 Å². The monoisotopic (exact) mass is 465 g/mol. The highest BCUT2D eigenvalue weighted by molar-refractivity contribution is 6.02. The zero-order chi connectivity index (χ0) is 24.1. The van der Waals surface area contributed by atoms with Crippen LogP contribution in [0.3, 0.4) is 0 Å². The number of anilines is 3. The predicted molar refractivity (Wildman–Crippen MR) is 135 cm³/mol. The van der Waals surface area contributed by atoms with E-state index >= 15 is 0 Å². The number of aliphatic carboxylic acids is 1. The molecule has 1 aliphatic carbocycles. The van der Waals surface area contributed by atoms with Crippen molar-refractivity contribution in [1.29, 1.82) is 0 Å². The normalized spacial score (nSPS) is 17.1. The van der Waals surface area contributed by atoms with Gasteiger partial charge in [0, 0.05) is 31.5 Å². The minimum absolute atomic E-state index is 0.0367. The van der Waals surface area contributed by atoms with Crippen LogP contribution in [-0.4, -0.2) is 42.9 Å². The lowest BCUT2D eigenvalue weighted by molar-refractivity contribution is -0.137. The number of carboxylic acid groups (broad SMARTS) is 1. The number of nitrogens with one attached hydrogen (secondary N) is 2. The SMILES string of the molecule is CCN(c1ccc(C(CC(=O)O)C2CC2)cc1NC(=O)Nc1ccc(C)cc1)C1CCOCC1.